The molecule has 0 saturated heterocycles. The number of halogens is 1. The van der Waals surface area contributed by atoms with E-state index < -0.39 is 9.84 Å². The number of hydrogen-bond acceptors (Lipinski definition) is 5. The summed E-state index contributed by atoms with van der Waals surface area (Å²) >= 11 is 6.03. The number of ether oxygens (including phenoxy) is 1. The molecule has 4 aromatic rings. The van der Waals surface area contributed by atoms with E-state index >= 15 is 0 Å². The second kappa shape index (κ2) is 10.6. The fraction of sp³-hybridized carbons (Fsp3) is 0.259. The highest BCUT2D eigenvalue weighted by atomic mass is 35.5. The van der Waals surface area contributed by atoms with E-state index in [1.165, 1.54) is 0 Å². The van der Waals surface area contributed by atoms with E-state index in [4.69, 9.17) is 20.8 Å². The first-order valence-corrected chi connectivity index (χ1v) is 13.3. The lowest BCUT2D eigenvalue weighted by atomic mass is 10.1. The van der Waals surface area contributed by atoms with Gasteiger partial charge in [-0.05, 0) is 80.2 Å². The molecule has 0 unspecified atom stereocenters. The Kier molecular flexibility index (Phi) is 7.61. The van der Waals surface area contributed by atoms with Crippen molar-refractivity contribution in [3.63, 3.8) is 0 Å². The summed E-state index contributed by atoms with van der Waals surface area (Å²) < 4.78 is 39.3. The van der Waals surface area contributed by atoms with Gasteiger partial charge in [0.2, 0.25) is 9.84 Å². The molecule has 0 saturated carbocycles. The Balaban J connectivity index is 1.61. The highest BCUT2D eigenvalue weighted by Crippen LogP contribution is 2.40. The number of rotatable bonds is 10. The monoisotopic (exact) mass is 497 g/mol. The molecule has 0 radical (unpaired) electrons. The number of benzene rings is 3. The van der Waals surface area contributed by atoms with Crippen LogP contribution >= 0.6 is 11.6 Å². The Hall–Kier alpha value is -2.80. The number of fused-ring (bicyclic) bond motifs is 1. The molecular weight excluding hydrogens is 470 g/mol. The first-order chi connectivity index (χ1) is 16.4. The van der Waals surface area contributed by atoms with Gasteiger partial charge in [0.05, 0.1) is 11.5 Å². The third-order valence-corrected chi connectivity index (χ3v) is 7.93. The normalized spacial score (nSPS) is 11.9. The van der Waals surface area contributed by atoms with E-state index in [2.05, 4.69) is 18.7 Å². The number of para-hydroxylation sites is 1. The third-order valence-electron chi connectivity index (χ3n) is 5.84. The van der Waals surface area contributed by atoms with Gasteiger partial charge in [-0.2, -0.15) is 0 Å². The standard InChI is InChI=1S/C27H28ClNO4S/c1-3-29(4-2)18-7-19-32-22-14-16-23(17-15-22)34(30,31)27-24-8-5-6-9-25(24)33-26(27)20-10-12-21(28)13-11-20/h5-6,8-17H,3-4,7,18-19H2,1-2H3. The van der Waals surface area contributed by atoms with Crippen molar-refractivity contribution < 1.29 is 17.6 Å². The molecular formula is C27H28ClNO4S. The van der Waals surface area contributed by atoms with Gasteiger partial charge in [-0.1, -0.05) is 37.6 Å². The van der Waals surface area contributed by atoms with Crippen LogP contribution in [-0.4, -0.2) is 39.6 Å². The van der Waals surface area contributed by atoms with Crippen LogP contribution in [0.25, 0.3) is 22.3 Å². The summed E-state index contributed by atoms with van der Waals surface area (Å²) in [6.07, 6.45) is 0.910. The van der Waals surface area contributed by atoms with Crippen molar-refractivity contribution in [1.29, 1.82) is 0 Å². The summed E-state index contributed by atoms with van der Waals surface area (Å²) in [5, 5.41) is 1.11. The number of furan rings is 1. The molecule has 34 heavy (non-hydrogen) atoms. The van der Waals surface area contributed by atoms with Gasteiger partial charge in [0, 0.05) is 22.5 Å². The van der Waals surface area contributed by atoms with Crippen molar-refractivity contribution in [2.24, 2.45) is 0 Å². The molecule has 0 aliphatic rings. The van der Waals surface area contributed by atoms with Crippen LogP contribution in [0.2, 0.25) is 5.02 Å². The van der Waals surface area contributed by atoms with E-state index in [1.807, 2.05) is 6.07 Å². The first kappa shape index (κ1) is 24.3. The molecule has 1 aromatic heterocycles. The fourth-order valence-corrected chi connectivity index (χ4v) is 5.65. The van der Waals surface area contributed by atoms with E-state index in [-0.39, 0.29) is 9.79 Å². The number of hydrogen-bond donors (Lipinski definition) is 0. The topological polar surface area (TPSA) is 59.8 Å². The lowest BCUT2D eigenvalue weighted by molar-refractivity contribution is 0.249. The van der Waals surface area contributed by atoms with E-state index in [0.717, 1.165) is 26.1 Å². The maximum absolute atomic E-state index is 13.8. The van der Waals surface area contributed by atoms with Crippen molar-refractivity contribution in [3.8, 4) is 17.1 Å². The molecule has 0 aliphatic carbocycles. The summed E-state index contributed by atoms with van der Waals surface area (Å²) in [7, 11) is -3.86. The van der Waals surface area contributed by atoms with Gasteiger partial charge in [0.25, 0.3) is 0 Å². The second-order valence-corrected chi connectivity index (χ2v) is 10.3. The second-order valence-electron chi connectivity index (χ2n) is 7.97. The molecule has 7 heteroatoms. The minimum Gasteiger partial charge on any atom is -0.494 e. The maximum Gasteiger partial charge on any atom is 0.211 e. The molecule has 1 heterocycles. The van der Waals surface area contributed by atoms with Crippen molar-refractivity contribution in [1.82, 2.24) is 4.90 Å². The molecule has 178 valence electrons. The lowest BCUT2D eigenvalue weighted by Gasteiger charge is -2.17. The Morgan fingerprint density at radius 1 is 0.912 bits per heavy atom. The zero-order chi connectivity index (χ0) is 24.1. The highest BCUT2D eigenvalue weighted by molar-refractivity contribution is 7.91. The highest BCUT2D eigenvalue weighted by Gasteiger charge is 2.29. The van der Waals surface area contributed by atoms with E-state index in [1.54, 1.807) is 66.7 Å². The van der Waals surface area contributed by atoms with Crippen molar-refractivity contribution in [2.45, 2.75) is 30.1 Å². The largest absolute Gasteiger partial charge is 0.494 e. The molecule has 0 spiro atoms. The lowest BCUT2D eigenvalue weighted by Crippen LogP contribution is -2.25. The van der Waals surface area contributed by atoms with E-state index in [0.29, 0.717) is 39.7 Å². The van der Waals surface area contributed by atoms with Crippen LogP contribution in [0.5, 0.6) is 5.75 Å². The Morgan fingerprint density at radius 2 is 1.59 bits per heavy atom. The zero-order valence-electron chi connectivity index (χ0n) is 19.3. The zero-order valence-corrected chi connectivity index (χ0v) is 20.9. The SMILES string of the molecule is CCN(CC)CCCOc1ccc(S(=O)(=O)c2c(-c3ccc(Cl)cc3)oc3ccccc23)cc1. The average Bonchev–Trinajstić information content (AvgIpc) is 3.25. The number of nitrogens with zero attached hydrogens (tertiary/aromatic N) is 1. The van der Waals surface area contributed by atoms with Crippen LogP contribution in [0, 0.1) is 0 Å². The minimum absolute atomic E-state index is 0.151. The molecule has 0 fully saturated rings. The molecule has 0 aliphatic heterocycles. The summed E-state index contributed by atoms with van der Waals surface area (Å²) in [4.78, 5) is 2.68. The molecule has 5 nitrogen and oxygen atoms in total. The van der Waals surface area contributed by atoms with E-state index in [9.17, 15) is 8.42 Å². The van der Waals surface area contributed by atoms with Gasteiger partial charge in [0.1, 0.15) is 16.2 Å². The molecule has 3 aromatic carbocycles. The third kappa shape index (κ3) is 5.14. The van der Waals surface area contributed by atoms with Crippen LogP contribution in [0.1, 0.15) is 20.3 Å². The Bertz CT molecular complexity index is 1340. The minimum atomic E-state index is -3.86. The van der Waals surface area contributed by atoms with Gasteiger partial charge in [0.15, 0.2) is 5.76 Å². The Morgan fingerprint density at radius 3 is 2.26 bits per heavy atom. The van der Waals surface area contributed by atoms with Gasteiger partial charge < -0.3 is 14.1 Å². The molecule has 4 rings (SSSR count). The summed E-state index contributed by atoms with van der Waals surface area (Å²) in [5.74, 6) is 0.947. The van der Waals surface area contributed by atoms with Crippen LogP contribution in [0.3, 0.4) is 0 Å². The Labute approximate surface area is 205 Å². The van der Waals surface area contributed by atoms with Crippen LogP contribution < -0.4 is 4.74 Å². The maximum atomic E-state index is 13.8. The van der Waals surface area contributed by atoms with Gasteiger partial charge >= 0.3 is 0 Å². The fourth-order valence-electron chi connectivity index (χ4n) is 3.93. The average molecular weight is 498 g/mol. The summed E-state index contributed by atoms with van der Waals surface area (Å²) in [6, 6.07) is 20.7. The number of sulfone groups is 1. The van der Waals surface area contributed by atoms with Gasteiger partial charge in [-0.15, -0.1) is 0 Å². The van der Waals surface area contributed by atoms with Gasteiger partial charge in [-0.25, -0.2) is 8.42 Å². The quantitative estimate of drug-likeness (QED) is 0.228. The van der Waals surface area contributed by atoms with Crippen molar-refractivity contribution in [3.05, 3.63) is 77.8 Å². The summed E-state index contributed by atoms with van der Waals surface area (Å²) in [6.45, 7) is 7.87. The smallest absolute Gasteiger partial charge is 0.211 e. The molecule has 0 N–H and O–H groups in total. The van der Waals surface area contributed by atoms with Crippen LogP contribution in [0.4, 0.5) is 0 Å². The van der Waals surface area contributed by atoms with Crippen molar-refractivity contribution in [2.75, 3.05) is 26.2 Å². The molecule has 0 amide bonds. The predicted molar refractivity (Wildman–Crippen MR) is 136 cm³/mol. The van der Waals surface area contributed by atoms with Crippen molar-refractivity contribution >= 4 is 32.4 Å². The van der Waals surface area contributed by atoms with Gasteiger partial charge in [-0.3, -0.25) is 0 Å². The predicted octanol–water partition coefficient (Wildman–Crippen LogP) is 6.70. The molecule has 0 bridgehead atoms. The molecule has 0 atom stereocenters. The van der Waals surface area contributed by atoms with Crippen LogP contribution in [0.15, 0.2) is 87.0 Å². The first-order valence-electron chi connectivity index (χ1n) is 11.4. The van der Waals surface area contributed by atoms with Crippen LogP contribution in [-0.2, 0) is 9.84 Å². The summed E-state index contributed by atoms with van der Waals surface area (Å²) in [5.41, 5.74) is 1.16.